The van der Waals surface area contributed by atoms with E-state index in [-0.39, 0.29) is 17.7 Å². The molecule has 1 heterocycles. The van der Waals surface area contributed by atoms with Crippen molar-refractivity contribution in [2.75, 3.05) is 19.7 Å². The molecule has 138 valence electrons. The summed E-state index contributed by atoms with van der Waals surface area (Å²) in [5.74, 6) is -2.24. The summed E-state index contributed by atoms with van der Waals surface area (Å²) < 4.78 is 5.17. The predicted molar refractivity (Wildman–Crippen MR) is 89.8 cm³/mol. The number of nitrogens with one attached hydrogen (secondary N) is 1. The van der Waals surface area contributed by atoms with E-state index in [0.29, 0.717) is 32.5 Å². The Morgan fingerprint density at radius 2 is 1.80 bits per heavy atom. The van der Waals surface area contributed by atoms with Gasteiger partial charge in [-0.15, -0.1) is 0 Å². The Hall–Kier alpha value is -2.64. The summed E-state index contributed by atoms with van der Waals surface area (Å²) in [7, 11) is 0. The minimum Gasteiger partial charge on any atom is -0.504 e. The maximum Gasteiger partial charge on any atom is 0.409 e. The first-order chi connectivity index (χ1) is 11.9. The number of hydrogen-bond donors (Lipinski definition) is 4. The second kappa shape index (κ2) is 8.46. The second-order valence-electron chi connectivity index (χ2n) is 6.07. The van der Waals surface area contributed by atoms with Crippen molar-refractivity contribution in [1.29, 1.82) is 0 Å². The molecule has 8 heteroatoms. The van der Waals surface area contributed by atoms with Crippen LogP contribution in [0.15, 0.2) is 12.1 Å². The van der Waals surface area contributed by atoms with E-state index >= 15 is 0 Å². The van der Waals surface area contributed by atoms with Gasteiger partial charge in [0.05, 0.1) is 6.61 Å². The molecule has 25 heavy (non-hydrogen) atoms. The Bertz CT molecular complexity index is 603. The number of nitrogens with zero attached hydrogens (tertiary/aromatic N) is 1. The molecule has 1 aliphatic heterocycles. The van der Waals surface area contributed by atoms with Crippen molar-refractivity contribution in [2.24, 2.45) is 0 Å². The van der Waals surface area contributed by atoms with Crippen molar-refractivity contribution in [2.45, 2.75) is 38.6 Å². The number of benzene rings is 1. The molecule has 0 aromatic heterocycles. The van der Waals surface area contributed by atoms with Gasteiger partial charge in [0.1, 0.15) is 0 Å². The standard InChI is InChI=1S/C17H24N2O6/c1-2-3-8-25-17(24)19-6-4-12(5-7-19)18-16(23)11-9-13(20)15(22)14(21)10-11/h9-10,12,20-22H,2-8H2,1H3,(H,18,23). The molecule has 2 rings (SSSR count). The predicted octanol–water partition coefficient (Wildman–Crippen LogP) is 1.93. The van der Waals surface area contributed by atoms with Crippen LogP contribution in [0.5, 0.6) is 17.2 Å². The third-order valence-electron chi connectivity index (χ3n) is 4.14. The third-order valence-corrected chi connectivity index (χ3v) is 4.14. The van der Waals surface area contributed by atoms with Crippen molar-refractivity contribution >= 4 is 12.0 Å². The van der Waals surface area contributed by atoms with E-state index in [9.17, 15) is 24.9 Å². The van der Waals surface area contributed by atoms with Gasteiger partial charge in [0.15, 0.2) is 17.2 Å². The molecule has 0 radical (unpaired) electrons. The highest BCUT2D eigenvalue weighted by Gasteiger charge is 2.25. The molecule has 0 saturated carbocycles. The molecule has 2 amide bonds. The maximum absolute atomic E-state index is 12.2. The van der Waals surface area contributed by atoms with Crippen LogP contribution in [-0.2, 0) is 4.74 Å². The summed E-state index contributed by atoms with van der Waals surface area (Å²) in [6.45, 7) is 3.42. The molecular formula is C17H24N2O6. The summed E-state index contributed by atoms with van der Waals surface area (Å²) >= 11 is 0. The van der Waals surface area contributed by atoms with Gasteiger partial charge >= 0.3 is 6.09 Å². The SMILES string of the molecule is CCCCOC(=O)N1CCC(NC(=O)c2cc(O)c(O)c(O)c2)CC1. The first-order valence-corrected chi connectivity index (χ1v) is 8.39. The van der Waals surface area contributed by atoms with Gasteiger partial charge in [-0.25, -0.2) is 4.79 Å². The van der Waals surface area contributed by atoms with Crippen molar-refractivity contribution in [3.8, 4) is 17.2 Å². The van der Waals surface area contributed by atoms with E-state index in [4.69, 9.17) is 4.74 Å². The van der Waals surface area contributed by atoms with Crippen LogP contribution in [0.1, 0.15) is 43.0 Å². The van der Waals surface area contributed by atoms with Gasteiger partial charge in [0, 0.05) is 24.7 Å². The molecule has 0 bridgehead atoms. The summed E-state index contributed by atoms with van der Waals surface area (Å²) in [6, 6.07) is 2.06. The number of hydrogen-bond acceptors (Lipinski definition) is 6. The summed E-state index contributed by atoms with van der Waals surface area (Å²) in [4.78, 5) is 25.7. The highest BCUT2D eigenvalue weighted by molar-refractivity contribution is 5.95. The molecule has 0 atom stereocenters. The fourth-order valence-corrected chi connectivity index (χ4v) is 2.61. The maximum atomic E-state index is 12.2. The molecule has 1 aliphatic rings. The molecule has 0 spiro atoms. The smallest absolute Gasteiger partial charge is 0.409 e. The highest BCUT2D eigenvalue weighted by atomic mass is 16.6. The zero-order valence-electron chi connectivity index (χ0n) is 14.2. The topological polar surface area (TPSA) is 119 Å². The van der Waals surface area contributed by atoms with E-state index < -0.39 is 23.2 Å². The van der Waals surface area contributed by atoms with E-state index in [1.165, 1.54) is 0 Å². The Morgan fingerprint density at radius 1 is 1.20 bits per heavy atom. The van der Waals surface area contributed by atoms with E-state index in [0.717, 1.165) is 25.0 Å². The lowest BCUT2D eigenvalue weighted by atomic mass is 10.0. The number of piperidine rings is 1. The second-order valence-corrected chi connectivity index (χ2v) is 6.07. The fourth-order valence-electron chi connectivity index (χ4n) is 2.61. The number of phenols is 3. The lowest BCUT2D eigenvalue weighted by Crippen LogP contribution is -2.46. The molecule has 1 aromatic rings. The Balaban J connectivity index is 1.83. The number of phenolic OH excluding ortho intramolecular Hbond substituents is 3. The van der Waals surface area contributed by atoms with Crippen molar-refractivity contribution in [1.82, 2.24) is 10.2 Å². The number of rotatable bonds is 5. The minimum absolute atomic E-state index is 0.0502. The van der Waals surface area contributed by atoms with Gasteiger partial charge in [-0.05, 0) is 31.4 Å². The van der Waals surface area contributed by atoms with Crippen molar-refractivity contribution in [3.63, 3.8) is 0 Å². The number of aromatic hydroxyl groups is 3. The Morgan fingerprint density at radius 3 is 2.36 bits per heavy atom. The van der Waals surface area contributed by atoms with Crippen LogP contribution < -0.4 is 5.32 Å². The van der Waals surface area contributed by atoms with Crippen LogP contribution in [0.2, 0.25) is 0 Å². The molecule has 0 unspecified atom stereocenters. The minimum atomic E-state index is -0.661. The first kappa shape index (κ1) is 18.7. The van der Waals surface area contributed by atoms with Gasteiger partial charge < -0.3 is 30.3 Å². The van der Waals surface area contributed by atoms with E-state index in [1.54, 1.807) is 4.90 Å². The van der Waals surface area contributed by atoms with Gasteiger partial charge in [-0.2, -0.15) is 0 Å². The van der Waals surface area contributed by atoms with E-state index in [2.05, 4.69) is 5.32 Å². The monoisotopic (exact) mass is 352 g/mol. The average molecular weight is 352 g/mol. The molecular weight excluding hydrogens is 328 g/mol. The van der Waals surface area contributed by atoms with Crippen LogP contribution in [0.25, 0.3) is 0 Å². The Kier molecular flexibility index (Phi) is 6.32. The summed E-state index contributed by atoms with van der Waals surface area (Å²) in [5.41, 5.74) is 0.0502. The highest BCUT2D eigenvalue weighted by Crippen LogP contribution is 2.35. The fraction of sp³-hybridized carbons (Fsp3) is 0.529. The molecule has 8 nitrogen and oxygen atoms in total. The largest absolute Gasteiger partial charge is 0.504 e. The quantitative estimate of drug-likeness (QED) is 0.475. The van der Waals surface area contributed by atoms with Crippen LogP contribution in [0.3, 0.4) is 0 Å². The van der Waals surface area contributed by atoms with Gasteiger partial charge in [0.25, 0.3) is 5.91 Å². The van der Waals surface area contributed by atoms with Crippen molar-refractivity contribution < 1.29 is 29.6 Å². The molecule has 1 saturated heterocycles. The summed E-state index contributed by atoms with van der Waals surface area (Å²) in [6.07, 6.45) is 2.65. The number of amides is 2. The molecule has 1 aromatic carbocycles. The lowest BCUT2D eigenvalue weighted by molar-refractivity contribution is 0.0836. The molecule has 0 aliphatic carbocycles. The summed E-state index contributed by atoms with van der Waals surface area (Å²) in [5, 5.41) is 31.1. The number of unbranched alkanes of at least 4 members (excludes halogenated alkanes) is 1. The number of carbonyl (C=O) groups excluding carboxylic acids is 2. The van der Waals surface area contributed by atoms with Gasteiger partial charge in [0.2, 0.25) is 0 Å². The van der Waals surface area contributed by atoms with Crippen LogP contribution >= 0.6 is 0 Å². The van der Waals surface area contributed by atoms with Crippen LogP contribution in [0, 0.1) is 0 Å². The molecule has 4 N–H and O–H groups in total. The number of ether oxygens (including phenoxy) is 1. The zero-order chi connectivity index (χ0) is 18.4. The van der Waals surface area contributed by atoms with Crippen LogP contribution in [-0.4, -0.2) is 58.0 Å². The first-order valence-electron chi connectivity index (χ1n) is 8.39. The number of likely N-dealkylation sites (tertiary alicyclic amines) is 1. The molecule has 1 fully saturated rings. The Labute approximate surface area is 146 Å². The average Bonchev–Trinajstić information content (AvgIpc) is 2.60. The number of carbonyl (C=O) groups is 2. The van der Waals surface area contributed by atoms with Crippen LogP contribution in [0.4, 0.5) is 4.79 Å². The van der Waals surface area contributed by atoms with E-state index in [1.807, 2.05) is 6.92 Å². The van der Waals surface area contributed by atoms with Gasteiger partial charge in [-0.1, -0.05) is 13.3 Å². The lowest BCUT2D eigenvalue weighted by Gasteiger charge is -2.31. The van der Waals surface area contributed by atoms with Gasteiger partial charge in [-0.3, -0.25) is 4.79 Å². The normalized spacial score (nSPS) is 15.0. The van der Waals surface area contributed by atoms with Crippen molar-refractivity contribution in [3.05, 3.63) is 17.7 Å². The third kappa shape index (κ3) is 4.91. The zero-order valence-corrected chi connectivity index (χ0v) is 14.2.